The summed E-state index contributed by atoms with van der Waals surface area (Å²) in [5.41, 5.74) is 0.343. The lowest BCUT2D eigenvalue weighted by Gasteiger charge is -2.32. The van der Waals surface area contributed by atoms with E-state index in [9.17, 15) is 5.11 Å². The highest BCUT2D eigenvalue weighted by Crippen LogP contribution is 2.38. The van der Waals surface area contributed by atoms with Crippen molar-refractivity contribution >= 4 is 0 Å². The highest BCUT2D eigenvalue weighted by molar-refractivity contribution is 4.83. The molecular formula is C10H20O. The molecule has 1 heteroatoms. The minimum atomic E-state index is -0.0625. The van der Waals surface area contributed by atoms with Crippen LogP contribution in [0, 0.1) is 11.3 Å². The van der Waals surface area contributed by atoms with Crippen LogP contribution in [0.25, 0.3) is 0 Å². The quantitative estimate of drug-likeness (QED) is 0.534. The monoisotopic (exact) mass is 156 g/mol. The summed E-state index contributed by atoms with van der Waals surface area (Å²) in [7, 11) is 0. The molecule has 2 unspecified atom stereocenters. The van der Waals surface area contributed by atoms with E-state index in [1.54, 1.807) is 0 Å². The molecule has 11 heavy (non-hydrogen) atoms. The predicted octanol–water partition coefficient (Wildman–Crippen LogP) is 2.58. The standard InChI is InChI=1S/C10H20O/c1-8-9(11)6-4-5-7-10(8,2)3/h8-9,11H,4-7H2,1-3H3. The molecule has 0 spiro atoms. The smallest absolute Gasteiger partial charge is 0.0570 e. The maximum atomic E-state index is 9.69. The number of rotatable bonds is 0. The zero-order chi connectivity index (χ0) is 8.48. The molecule has 1 aliphatic carbocycles. The van der Waals surface area contributed by atoms with Crippen molar-refractivity contribution in [2.45, 2.75) is 52.6 Å². The van der Waals surface area contributed by atoms with E-state index in [0.29, 0.717) is 11.3 Å². The summed E-state index contributed by atoms with van der Waals surface area (Å²) in [6.45, 7) is 6.72. The van der Waals surface area contributed by atoms with Gasteiger partial charge in [0.15, 0.2) is 0 Å². The molecule has 0 aromatic carbocycles. The summed E-state index contributed by atoms with van der Waals surface area (Å²) in [4.78, 5) is 0. The molecule has 1 N–H and O–H groups in total. The highest BCUT2D eigenvalue weighted by atomic mass is 16.3. The summed E-state index contributed by atoms with van der Waals surface area (Å²) in [5, 5.41) is 9.69. The molecule has 0 aromatic heterocycles. The lowest BCUT2D eigenvalue weighted by atomic mass is 9.75. The van der Waals surface area contributed by atoms with Crippen LogP contribution in [0.3, 0.4) is 0 Å². The van der Waals surface area contributed by atoms with E-state index < -0.39 is 0 Å². The van der Waals surface area contributed by atoms with Crippen LogP contribution in [0.4, 0.5) is 0 Å². The van der Waals surface area contributed by atoms with Crippen molar-refractivity contribution in [1.82, 2.24) is 0 Å². The molecule has 0 saturated heterocycles. The third-order valence-corrected chi connectivity index (χ3v) is 3.38. The average Bonchev–Trinajstić information content (AvgIpc) is 2.03. The molecule has 0 bridgehead atoms. The van der Waals surface area contributed by atoms with Crippen LogP contribution < -0.4 is 0 Å². The fraction of sp³-hybridized carbons (Fsp3) is 1.00. The first-order chi connectivity index (χ1) is 5.04. The van der Waals surface area contributed by atoms with Gasteiger partial charge in [0, 0.05) is 0 Å². The van der Waals surface area contributed by atoms with Crippen molar-refractivity contribution in [2.24, 2.45) is 11.3 Å². The number of aliphatic hydroxyl groups excluding tert-OH is 1. The topological polar surface area (TPSA) is 20.2 Å². The second kappa shape index (κ2) is 3.14. The largest absolute Gasteiger partial charge is 0.393 e. The number of hydrogen-bond donors (Lipinski definition) is 1. The Hall–Kier alpha value is -0.0400. The summed E-state index contributed by atoms with van der Waals surface area (Å²) >= 11 is 0. The molecule has 1 saturated carbocycles. The normalized spacial score (nSPS) is 38.2. The van der Waals surface area contributed by atoms with Gasteiger partial charge < -0.3 is 5.11 Å². The second-order valence-corrected chi connectivity index (χ2v) is 4.59. The van der Waals surface area contributed by atoms with Gasteiger partial charge in [-0.05, 0) is 24.2 Å². The predicted molar refractivity (Wildman–Crippen MR) is 47.4 cm³/mol. The van der Waals surface area contributed by atoms with Gasteiger partial charge in [0.2, 0.25) is 0 Å². The van der Waals surface area contributed by atoms with Gasteiger partial charge >= 0.3 is 0 Å². The third-order valence-electron chi connectivity index (χ3n) is 3.38. The van der Waals surface area contributed by atoms with Gasteiger partial charge in [0.25, 0.3) is 0 Å². The molecule has 1 rings (SSSR count). The van der Waals surface area contributed by atoms with E-state index >= 15 is 0 Å². The molecule has 1 nitrogen and oxygen atoms in total. The lowest BCUT2D eigenvalue weighted by Crippen LogP contribution is -2.29. The Morgan fingerprint density at radius 2 is 1.91 bits per heavy atom. The second-order valence-electron chi connectivity index (χ2n) is 4.59. The Kier molecular flexibility index (Phi) is 2.58. The molecule has 0 aliphatic heterocycles. The zero-order valence-electron chi connectivity index (χ0n) is 7.93. The Bertz CT molecular complexity index is 129. The Balaban J connectivity index is 2.65. The fourth-order valence-electron chi connectivity index (χ4n) is 1.93. The lowest BCUT2D eigenvalue weighted by molar-refractivity contribution is 0.0495. The number of aliphatic hydroxyl groups is 1. The van der Waals surface area contributed by atoms with Gasteiger partial charge in [0.05, 0.1) is 6.10 Å². The molecule has 1 fully saturated rings. The van der Waals surface area contributed by atoms with Gasteiger partial charge in [-0.25, -0.2) is 0 Å². The average molecular weight is 156 g/mol. The third kappa shape index (κ3) is 1.96. The SMILES string of the molecule is CC1C(O)CCCCC1(C)C. The first-order valence-corrected chi connectivity index (χ1v) is 4.72. The van der Waals surface area contributed by atoms with Crippen LogP contribution in [0.15, 0.2) is 0 Å². The van der Waals surface area contributed by atoms with Crippen molar-refractivity contribution in [3.63, 3.8) is 0 Å². The van der Waals surface area contributed by atoms with E-state index in [-0.39, 0.29) is 6.10 Å². The van der Waals surface area contributed by atoms with E-state index in [1.165, 1.54) is 19.3 Å². The summed E-state index contributed by atoms with van der Waals surface area (Å²) in [6, 6.07) is 0. The van der Waals surface area contributed by atoms with Crippen molar-refractivity contribution < 1.29 is 5.11 Å². The van der Waals surface area contributed by atoms with E-state index in [0.717, 1.165) is 6.42 Å². The zero-order valence-corrected chi connectivity index (χ0v) is 7.93. The van der Waals surface area contributed by atoms with Gasteiger partial charge in [-0.15, -0.1) is 0 Å². The maximum absolute atomic E-state index is 9.69. The van der Waals surface area contributed by atoms with Crippen molar-refractivity contribution in [1.29, 1.82) is 0 Å². The minimum absolute atomic E-state index is 0.0625. The van der Waals surface area contributed by atoms with E-state index in [2.05, 4.69) is 20.8 Å². The van der Waals surface area contributed by atoms with E-state index in [4.69, 9.17) is 0 Å². The first-order valence-electron chi connectivity index (χ1n) is 4.72. The van der Waals surface area contributed by atoms with Crippen molar-refractivity contribution in [2.75, 3.05) is 0 Å². The van der Waals surface area contributed by atoms with Crippen LogP contribution >= 0.6 is 0 Å². The van der Waals surface area contributed by atoms with Gasteiger partial charge in [0.1, 0.15) is 0 Å². The van der Waals surface area contributed by atoms with Gasteiger partial charge in [-0.2, -0.15) is 0 Å². The number of hydrogen-bond acceptors (Lipinski definition) is 1. The summed E-state index contributed by atoms with van der Waals surface area (Å²) < 4.78 is 0. The summed E-state index contributed by atoms with van der Waals surface area (Å²) in [5.74, 6) is 0.463. The molecule has 0 amide bonds. The Labute approximate surface area is 69.8 Å². The van der Waals surface area contributed by atoms with Gasteiger partial charge in [-0.3, -0.25) is 0 Å². The molecule has 2 atom stereocenters. The Morgan fingerprint density at radius 3 is 2.55 bits per heavy atom. The maximum Gasteiger partial charge on any atom is 0.0570 e. The van der Waals surface area contributed by atoms with Crippen molar-refractivity contribution in [3.05, 3.63) is 0 Å². The van der Waals surface area contributed by atoms with Crippen LogP contribution in [-0.4, -0.2) is 11.2 Å². The molecule has 0 radical (unpaired) electrons. The van der Waals surface area contributed by atoms with Crippen LogP contribution in [0.1, 0.15) is 46.5 Å². The molecule has 0 heterocycles. The van der Waals surface area contributed by atoms with E-state index in [1.807, 2.05) is 0 Å². The molecule has 1 aliphatic rings. The highest BCUT2D eigenvalue weighted by Gasteiger charge is 2.32. The van der Waals surface area contributed by atoms with Gasteiger partial charge in [-0.1, -0.05) is 33.6 Å². The summed E-state index contributed by atoms with van der Waals surface area (Å²) in [6.07, 6.45) is 4.70. The van der Waals surface area contributed by atoms with Crippen LogP contribution in [0.5, 0.6) is 0 Å². The van der Waals surface area contributed by atoms with Crippen LogP contribution in [-0.2, 0) is 0 Å². The fourth-order valence-corrected chi connectivity index (χ4v) is 1.93. The van der Waals surface area contributed by atoms with Crippen molar-refractivity contribution in [3.8, 4) is 0 Å². The first kappa shape index (κ1) is 9.05. The Morgan fingerprint density at radius 1 is 1.27 bits per heavy atom. The van der Waals surface area contributed by atoms with Crippen LogP contribution in [0.2, 0.25) is 0 Å². The molecule has 66 valence electrons. The minimum Gasteiger partial charge on any atom is -0.393 e. The molecular weight excluding hydrogens is 136 g/mol. The molecule has 0 aromatic rings.